The van der Waals surface area contributed by atoms with E-state index in [4.69, 9.17) is 9.47 Å². The minimum absolute atomic E-state index is 0.0212. The summed E-state index contributed by atoms with van der Waals surface area (Å²) in [7, 11) is 3.52. The van der Waals surface area contributed by atoms with Crippen LogP contribution in [-0.4, -0.2) is 49.1 Å². The summed E-state index contributed by atoms with van der Waals surface area (Å²) in [6.45, 7) is 0.552. The Morgan fingerprint density at radius 1 is 1.11 bits per heavy atom. The van der Waals surface area contributed by atoms with E-state index in [-0.39, 0.29) is 17.9 Å². The molecule has 0 aromatic heterocycles. The third-order valence-corrected chi connectivity index (χ3v) is 7.39. The minimum Gasteiger partial charge on any atom is -0.496 e. The van der Waals surface area contributed by atoms with Gasteiger partial charge in [0.2, 0.25) is 11.8 Å². The van der Waals surface area contributed by atoms with Gasteiger partial charge in [-0.2, -0.15) is 0 Å². The maximum absolute atomic E-state index is 13.1. The molecule has 0 saturated carbocycles. The number of rotatable bonds is 8. The Kier molecular flexibility index (Phi) is 6.37. The Bertz CT molecular complexity index is 1230. The second-order valence-corrected chi connectivity index (χ2v) is 9.80. The summed E-state index contributed by atoms with van der Waals surface area (Å²) in [5.74, 6) is 1.88. The lowest BCUT2D eigenvalue weighted by Gasteiger charge is -2.31. The highest BCUT2D eigenvalue weighted by Gasteiger charge is 2.38. The molecule has 0 spiro atoms. The molecule has 3 aromatic rings. The normalized spacial score (nSPS) is 20.9. The van der Waals surface area contributed by atoms with Crippen molar-refractivity contribution in [3.8, 4) is 11.5 Å². The Hall–Kier alpha value is -3.54. The number of hydrogen-bond donors (Lipinski definition) is 1. The van der Waals surface area contributed by atoms with Gasteiger partial charge in [0.15, 0.2) is 0 Å². The van der Waals surface area contributed by atoms with Gasteiger partial charge in [0, 0.05) is 37.2 Å². The van der Waals surface area contributed by atoms with Crippen molar-refractivity contribution >= 4 is 22.6 Å². The molecule has 6 heteroatoms. The zero-order valence-electron chi connectivity index (χ0n) is 20.4. The molecule has 35 heavy (non-hydrogen) atoms. The molecule has 3 aromatic carbocycles. The smallest absolute Gasteiger partial charge is 0.222 e. The molecule has 6 nitrogen and oxygen atoms in total. The number of nitrogens with zero attached hydrogens (tertiary/aromatic N) is 1. The van der Waals surface area contributed by atoms with Crippen molar-refractivity contribution in [2.75, 3.05) is 20.7 Å². The lowest BCUT2D eigenvalue weighted by atomic mass is 9.83. The van der Waals surface area contributed by atoms with Gasteiger partial charge in [-0.05, 0) is 47.9 Å². The molecule has 182 valence electrons. The molecular formula is C29H32N2O4. The largest absolute Gasteiger partial charge is 0.496 e. The fourth-order valence-corrected chi connectivity index (χ4v) is 5.51. The topological polar surface area (TPSA) is 67.9 Å². The maximum Gasteiger partial charge on any atom is 0.222 e. The second-order valence-electron chi connectivity index (χ2n) is 9.80. The van der Waals surface area contributed by atoms with Gasteiger partial charge in [0.1, 0.15) is 17.6 Å². The summed E-state index contributed by atoms with van der Waals surface area (Å²) in [4.78, 5) is 27.1. The van der Waals surface area contributed by atoms with Crippen molar-refractivity contribution in [2.45, 2.75) is 50.2 Å². The molecule has 1 fully saturated rings. The van der Waals surface area contributed by atoms with Crippen LogP contribution in [0.1, 0.15) is 36.8 Å². The Morgan fingerprint density at radius 2 is 1.89 bits per heavy atom. The summed E-state index contributed by atoms with van der Waals surface area (Å²) in [6, 6.07) is 20.3. The number of carbonyl (C=O) groups excluding carboxylic acids is 2. The summed E-state index contributed by atoms with van der Waals surface area (Å²) in [6.07, 6.45) is 3.68. The molecular weight excluding hydrogens is 440 g/mol. The quantitative estimate of drug-likeness (QED) is 0.531. The van der Waals surface area contributed by atoms with Gasteiger partial charge in [-0.15, -0.1) is 0 Å². The summed E-state index contributed by atoms with van der Waals surface area (Å²) in [5, 5.41) is 5.40. The van der Waals surface area contributed by atoms with Gasteiger partial charge in [-0.3, -0.25) is 9.59 Å². The molecule has 5 rings (SSSR count). The van der Waals surface area contributed by atoms with Crippen LogP contribution in [0.15, 0.2) is 60.7 Å². The molecule has 0 unspecified atom stereocenters. The summed E-state index contributed by atoms with van der Waals surface area (Å²) < 4.78 is 11.6. The van der Waals surface area contributed by atoms with Crippen molar-refractivity contribution in [3.05, 3.63) is 71.8 Å². The number of methoxy groups -OCH3 is 1. The van der Waals surface area contributed by atoms with Crippen LogP contribution in [-0.2, 0) is 22.4 Å². The average Bonchev–Trinajstić information content (AvgIpc) is 3.45. The fourth-order valence-electron chi connectivity index (χ4n) is 5.51. The van der Waals surface area contributed by atoms with E-state index >= 15 is 0 Å². The monoisotopic (exact) mass is 472 g/mol. The number of carbonyl (C=O) groups is 2. The predicted octanol–water partition coefficient (Wildman–Crippen LogP) is 4.28. The highest BCUT2D eigenvalue weighted by atomic mass is 16.5. The summed E-state index contributed by atoms with van der Waals surface area (Å²) >= 11 is 0. The second kappa shape index (κ2) is 9.61. The van der Waals surface area contributed by atoms with Crippen LogP contribution >= 0.6 is 0 Å². The van der Waals surface area contributed by atoms with Crippen LogP contribution in [0.3, 0.4) is 0 Å². The molecule has 2 aliphatic heterocycles. The van der Waals surface area contributed by atoms with E-state index in [9.17, 15) is 9.59 Å². The van der Waals surface area contributed by atoms with Crippen LogP contribution in [0.25, 0.3) is 10.8 Å². The SMILES string of the molecule is COc1ccc(C[C@]2(CCC(=O)N(C)C[C@H]3Cc4ccccc4O3)CCC(=O)N2)c2ccccc12. The number of benzene rings is 3. The van der Waals surface area contributed by atoms with Gasteiger partial charge in [0.25, 0.3) is 0 Å². The van der Waals surface area contributed by atoms with E-state index < -0.39 is 5.54 Å². The molecule has 1 saturated heterocycles. The summed E-state index contributed by atoms with van der Waals surface area (Å²) in [5.41, 5.74) is 1.92. The number of amides is 2. The van der Waals surface area contributed by atoms with Crippen molar-refractivity contribution in [1.82, 2.24) is 10.2 Å². The maximum atomic E-state index is 13.1. The first kappa shape index (κ1) is 23.2. The van der Waals surface area contributed by atoms with Gasteiger partial charge >= 0.3 is 0 Å². The first-order valence-corrected chi connectivity index (χ1v) is 12.3. The molecule has 1 N–H and O–H groups in total. The van der Waals surface area contributed by atoms with Crippen molar-refractivity contribution < 1.29 is 19.1 Å². The van der Waals surface area contributed by atoms with Gasteiger partial charge in [0.05, 0.1) is 13.7 Å². The molecule has 0 bridgehead atoms. The minimum atomic E-state index is -0.426. The predicted molar refractivity (Wildman–Crippen MR) is 136 cm³/mol. The standard InChI is InChI=1S/C29H32N2O4/c1-31(19-22-17-20-7-3-6-10-25(20)35-22)28(33)14-16-29(15-13-27(32)30-29)18-21-11-12-26(34-2)24-9-5-4-8-23(21)24/h3-12,22H,13-19H2,1-2H3,(H,30,32)/t22-,29-/m1/s1. The lowest BCUT2D eigenvalue weighted by molar-refractivity contribution is -0.131. The number of fused-ring (bicyclic) bond motifs is 2. The van der Waals surface area contributed by atoms with Crippen molar-refractivity contribution in [3.63, 3.8) is 0 Å². The molecule has 2 atom stereocenters. The van der Waals surface area contributed by atoms with Gasteiger partial charge in [-0.25, -0.2) is 0 Å². The van der Waals surface area contributed by atoms with Crippen LogP contribution in [0, 0.1) is 0 Å². The van der Waals surface area contributed by atoms with Crippen LogP contribution in [0.4, 0.5) is 0 Å². The zero-order chi connectivity index (χ0) is 24.4. The zero-order valence-corrected chi connectivity index (χ0v) is 20.4. The highest BCUT2D eigenvalue weighted by molar-refractivity contribution is 5.91. The number of nitrogens with one attached hydrogen (secondary N) is 1. The number of likely N-dealkylation sites (N-methyl/N-ethyl adjacent to an activating group) is 1. The first-order valence-electron chi connectivity index (χ1n) is 12.3. The Balaban J connectivity index is 1.26. The number of hydrogen-bond acceptors (Lipinski definition) is 4. The molecule has 0 aliphatic carbocycles. The third-order valence-electron chi connectivity index (χ3n) is 7.39. The van der Waals surface area contributed by atoms with E-state index in [1.165, 1.54) is 5.56 Å². The van der Waals surface area contributed by atoms with E-state index in [1.54, 1.807) is 12.0 Å². The average molecular weight is 473 g/mol. The lowest BCUT2D eigenvalue weighted by Crippen LogP contribution is -2.45. The van der Waals surface area contributed by atoms with Crippen molar-refractivity contribution in [1.29, 1.82) is 0 Å². The first-order chi connectivity index (χ1) is 17.0. The Labute approximate surface area is 206 Å². The van der Waals surface area contributed by atoms with Gasteiger partial charge < -0.3 is 19.7 Å². The molecule has 2 heterocycles. The van der Waals surface area contributed by atoms with Gasteiger partial charge in [-0.1, -0.05) is 48.5 Å². The van der Waals surface area contributed by atoms with E-state index in [1.807, 2.05) is 43.4 Å². The number of para-hydroxylation sites is 1. The van der Waals surface area contributed by atoms with Crippen LogP contribution in [0.5, 0.6) is 11.5 Å². The number of ether oxygens (including phenoxy) is 2. The Morgan fingerprint density at radius 3 is 2.63 bits per heavy atom. The highest BCUT2D eigenvalue weighted by Crippen LogP contribution is 2.35. The fraction of sp³-hybridized carbons (Fsp3) is 0.379. The molecule has 2 amide bonds. The van der Waals surface area contributed by atoms with Crippen LogP contribution < -0.4 is 14.8 Å². The van der Waals surface area contributed by atoms with E-state index in [2.05, 4.69) is 29.6 Å². The van der Waals surface area contributed by atoms with Crippen molar-refractivity contribution in [2.24, 2.45) is 0 Å². The van der Waals surface area contributed by atoms with E-state index in [0.29, 0.717) is 32.2 Å². The molecule has 2 aliphatic rings. The molecule has 0 radical (unpaired) electrons. The van der Waals surface area contributed by atoms with Crippen LogP contribution in [0.2, 0.25) is 0 Å². The van der Waals surface area contributed by atoms with E-state index in [0.717, 1.165) is 40.7 Å². The third kappa shape index (κ3) is 4.83.